The van der Waals surface area contributed by atoms with E-state index >= 15 is 0 Å². The van der Waals surface area contributed by atoms with Crippen LogP contribution < -0.4 is 4.74 Å². The minimum atomic E-state index is -0.893. The van der Waals surface area contributed by atoms with E-state index in [-0.39, 0.29) is 18.6 Å². The van der Waals surface area contributed by atoms with Crippen molar-refractivity contribution in [1.29, 1.82) is 0 Å². The highest BCUT2D eigenvalue weighted by Crippen LogP contribution is 2.42. The van der Waals surface area contributed by atoms with Crippen molar-refractivity contribution in [2.75, 3.05) is 20.8 Å². The summed E-state index contributed by atoms with van der Waals surface area (Å²) in [5.74, 6) is 0.0418. The molecule has 1 aliphatic carbocycles. The minimum Gasteiger partial charge on any atom is -0.479 e. The van der Waals surface area contributed by atoms with Gasteiger partial charge in [0.2, 0.25) is 5.88 Å². The van der Waals surface area contributed by atoms with Gasteiger partial charge in [-0.2, -0.15) is 4.98 Å². The van der Waals surface area contributed by atoms with Gasteiger partial charge >= 0.3 is 0 Å². The SMILES string of the molecule is COC[C@H]1C[C@@H](c2cn(COCc3ccccc3)c3c(OC)ncnc23)[C@H](O)[C@@H]1O. The van der Waals surface area contributed by atoms with Gasteiger partial charge in [-0.05, 0) is 12.0 Å². The van der Waals surface area contributed by atoms with Gasteiger partial charge in [0.05, 0.1) is 38.0 Å². The van der Waals surface area contributed by atoms with Crippen LogP contribution in [-0.2, 0) is 22.8 Å². The van der Waals surface area contributed by atoms with Crippen molar-refractivity contribution < 1.29 is 24.4 Å². The van der Waals surface area contributed by atoms with E-state index in [2.05, 4.69) is 9.97 Å². The summed E-state index contributed by atoms with van der Waals surface area (Å²) in [6.45, 7) is 1.14. The molecule has 3 aromatic rings. The molecular formula is C22H27N3O5. The molecule has 2 heterocycles. The van der Waals surface area contributed by atoms with Crippen LogP contribution in [0.2, 0.25) is 0 Å². The van der Waals surface area contributed by atoms with Crippen LogP contribution in [0.4, 0.5) is 0 Å². The van der Waals surface area contributed by atoms with Gasteiger partial charge in [0.25, 0.3) is 0 Å². The van der Waals surface area contributed by atoms with Crippen LogP contribution in [0.25, 0.3) is 11.0 Å². The van der Waals surface area contributed by atoms with Gasteiger partial charge in [-0.1, -0.05) is 30.3 Å². The van der Waals surface area contributed by atoms with E-state index in [1.54, 1.807) is 14.2 Å². The molecule has 4 rings (SSSR count). The molecule has 30 heavy (non-hydrogen) atoms. The molecule has 8 heteroatoms. The van der Waals surface area contributed by atoms with E-state index in [9.17, 15) is 10.2 Å². The Balaban J connectivity index is 1.64. The van der Waals surface area contributed by atoms with Gasteiger partial charge in [-0.25, -0.2) is 4.98 Å². The first-order valence-electron chi connectivity index (χ1n) is 9.98. The Labute approximate surface area is 175 Å². The predicted molar refractivity (Wildman–Crippen MR) is 110 cm³/mol. The first-order chi connectivity index (χ1) is 14.6. The molecule has 4 atom stereocenters. The molecular weight excluding hydrogens is 386 g/mol. The lowest BCUT2D eigenvalue weighted by molar-refractivity contribution is -0.00372. The lowest BCUT2D eigenvalue weighted by Gasteiger charge is -2.16. The van der Waals surface area contributed by atoms with Crippen molar-refractivity contribution in [3.05, 3.63) is 54.0 Å². The standard InChI is InChI=1S/C22H27N3O5/c1-28-11-15-8-16(21(27)20(15)26)17-9-25(13-30-10-14-6-4-3-5-7-14)19-18(17)23-12-24-22(19)29-2/h3-7,9,12,15-16,20-21,26-27H,8,10-11,13H2,1-2H3/t15-,16+,20-,21+/m1/s1. The molecule has 0 bridgehead atoms. The van der Waals surface area contributed by atoms with Crippen LogP contribution >= 0.6 is 0 Å². The number of aromatic nitrogens is 3. The van der Waals surface area contributed by atoms with Crippen molar-refractivity contribution in [2.24, 2.45) is 5.92 Å². The number of rotatable bonds is 8. The zero-order chi connectivity index (χ0) is 21.1. The fraction of sp³-hybridized carbons (Fsp3) is 0.455. The first kappa shape index (κ1) is 20.7. The van der Waals surface area contributed by atoms with Gasteiger partial charge in [0, 0.05) is 30.7 Å². The largest absolute Gasteiger partial charge is 0.479 e. The molecule has 2 aromatic heterocycles. The summed E-state index contributed by atoms with van der Waals surface area (Å²) >= 11 is 0. The number of aliphatic hydroxyl groups is 2. The van der Waals surface area contributed by atoms with Gasteiger partial charge in [0.1, 0.15) is 18.6 Å². The highest BCUT2D eigenvalue weighted by molar-refractivity contribution is 5.84. The second kappa shape index (κ2) is 9.09. The molecule has 1 fully saturated rings. The number of methoxy groups -OCH3 is 2. The molecule has 2 N–H and O–H groups in total. The van der Waals surface area contributed by atoms with Crippen LogP contribution in [0.1, 0.15) is 23.5 Å². The van der Waals surface area contributed by atoms with Crippen molar-refractivity contribution in [2.45, 2.75) is 37.9 Å². The fourth-order valence-electron chi connectivity index (χ4n) is 4.30. The molecule has 160 valence electrons. The molecule has 0 amide bonds. The van der Waals surface area contributed by atoms with Gasteiger partial charge in [-0.3, -0.25) is 0 Å². The summed E-state index contributed by atoms with van der Waals surface area (Å²) in [5, 5.41) is 21.2. The van der Waals surface area contributed by atoms with Crippen LogP contribution in [0.3, 0.4) is 0 Å². The Morgan fingerprint density at radius 1 is 1.10 bits per heavy atom. The van der Waals surface area contributed by atoms with E-state index in [1.165, 1.54) is 6.33 Å². The number of aliphatic hydroxyl groups excluding tert-OH is 2. The summed E-state index contributed by atoms with van der Waals surface area (Å²) in [5.41, 5.74) is 3.33. The van der Waals surface area contributed by atoms with Crippen LogP contribution in [0, 0.1) is 5.92 Å². The average molecular weight is 413 g/mol. The summed E-state index contributed by atoms with van der Waals surface area (Å²) in [6.07, 6.45) is 2.24. The molecule has 0 radical (unpaired) electrons. The van der Waals surface area contributed by atoms with E-state index in [4.69, 9.17) is 14.2 Å². The molecule has 1 aliphatic rings. The second-order valence-electron chi connectivity index (χ2n) is 7.64. The number of hydrogen-bond donors (Lipinski definition) is 2. The van der Waals surface area contributed by atoms with E-state index < -0.39 is 12.2 Å². The number of ether oxygens (including phenoxy) is 3. The number of hydrogen-bond acceptors (Lipinski definition) is 7. The molecule has 0 aliphatic heterocycles. The van der Waals surface area contributed by atoms with Gasteiger partial charge < -0.3 is 29.0 Å². The number of fused-ring (bicyclic) bond motifs is 1. The zero-order valence-electron chi connectivity index (χ0n) is 17.1. The molecule has 0 spiro atoms. The molecule has 1 aromatic carbocycles. The van der Waals surface area contributed by atoms with E-state index in [0.29, 0.717) is 36.5 Å². The van der Waals surface area contributed by atoms with Crippen molar-refractivity contribution >= 4 is 11.0 Å². The molecule has 0 saturated heterocycles. The molecule has 1 saturated carbocycles. The van der Waals surface area contributed by atoms with Crippen molar-refractivity contribution in [3.8, 4) is 5.88 Å². The highest BCUT2D eigenvalue weighted by Gasteiger charge is 2.43. The third-order valence-electron chi connectivity index (χ3n) is 5.76. The fourth-order valence-corrected chi connectivity index (χ4v) is 4.30. The maximum atomic E-state index is 10.7. The number of nitrogens with zero attached hydrogens (tertiary/aromatic N) is 3. The second-order valence-corrected chi connectivity index (χ2v) is 7.64. The van der Waals surface area contributed by atoms with Crippen LogP contribution in [0.15, 0.2) is 42.9 Å². The minimum absolute atomic E-state index is 0.133. The summed E-state index contributed by atoms with van der Waals surface area (Å²) in [6, 6.07) is 9.93. The zero-order valence-corrected chi connectivity index (χ0v) is 17.1. The van der Waals surface area contributed by atoms with Crippen molar-refractivity contribution in [3.63, 3.8) is 0 Å². The first-order valence-corrected chi connectivity index (χ1v) is 9.98. The number of benzene rings is 1. The lowest BCUT2D eigenvalue weighted by atomic mass is 9.96. The van der Waals surface area contributed by atoms with E-state index in [1.807, 2.05) is 41.1 Å². The summed E-state index contributed by atoms with van der Waals surface area (Å²) < 4.78 is 18.5. The molecule has 0 unspecified atom stereocenters. The Bertz CT molecular complexity index is 978. The van der Waals surface area contributed by atoms with Crippen molar-refractivity contribution in [1.82, 2.24) is 14.5 Å². The Morgan fingerprint density at radius 2 is 1.90 bits per heavy atom. The quantitative estimate of drug-likeness (QED) is 0.583. The predicted octanol–water partition coefficient (Wildman–Crippen LogP) is 2.09. The summed E-state index contributed by atoms with van der Waals surface area (Å²) in [7, 11) is 3.16. The molecule has 8 nitrogen and oxygen atoms in total. The monoisotopic (exact) mass is 413 g/mol. The lowest BCUT2D eigenvalue weighted by Crippen LogP contribution is -2.29. The Morgan fingerprint density at radius 3 is 2.63 bits per heavy atom. The Hall–Kier alpha value is -2.52. The Kier molecular flexibility index (Phi) is 6.29. The maximum absolute atomic E-state index is 10.7. The van der Waals surface area contributed by atoms with Gasteiger partial charge in [0.15, 0.2) is 0 Å². The van der Waals surface area contributed by atoms with Crippen LogP contribution in [0.5, 0.6) is 5.88 Å². The van der Waals surface area contributed by atoms with Crippen LogP contribution in [-0.4, -0.2) is 57.8 Å². The third kappa shape index (κ3) is 3.91. The maximum Gasteiger partial charge on any atom is 0.241 e. The average Bonchev–Trinajstić information content (AvgIpc) is 3.27. The third-order valence-corrected chi connectivity index (χ3v) is 5.76. The summed E-state index contributed by atoms with van der Waals surface area (Å²) in [4.78, 5) is 8.69. The highest BCUT2D eigenvalue weighted by atomic mass is 16.5. The normalized spacial score (nSPS) is 23.9. The smallest absolute Gasteiger partial charge is 0.241 e. The topological polar surface area (TPSA) is 98.9 Å². The van der Waals surface area contributed by atoms with Gasteiger partial charge in [-0.15, -0.1) is 0 Å². The van der Waals surface area contributed by atoms with E-state index in [0.717, 1.165) is 11.1 Å².